The lowest BCUT2D eigenvalue weighted by Crippen LogP contribution is -2.12. The third-order valence-electron chi connectivity index (χ3n) is 1.82. The lowest BCUT2D eigenvalue weighted by Gasteiger charge is -2.06. The van der Waals surface area contributed by atoms with Crippen LogP contribution in [0.3, 0.4) is 0 Å². The molecule has 1 rings (SSSR count). The van der Waals surface area contributed by atoms with E-state index >= 15 is 0 Å². The van der Waals surface area contributed by atoms with Crippen molar-refractivity contribution >= 4 is 29.2 Å². The molecule has 0 bridgehead atoms. The summed E-state index contributed by atoms with van der Waals surface area (Å²) >= 11 is 5.42. The molecule has 0 aliphatic carbocycles. The van der Waals surface area contributed by atoms with Gasteiger partial charge in [-0.05, 0) is 24.3 Å². The largest absolute Gasteiger partial charge is 0.482 e. The van der Waals surface area contributed by atoms with Gasteiger partial charge in [-0.3, -0.25) is 4.79 Å². The van der Waals surface area contributed by atoms with E-state index in [2.05, 4.69) is 5.32 Å². The first-order chi connectivity index (χ1) is 8.11. The number of carboxylic acid groups (broad SMARTS) is 1. The highest BCUT2D eigenvalue weighted by molar-refractivity contribution is 6.19. The minimum Gasteiger partial charge on any atom is -0.482 e. The first-order valence-corrected chi connectivity index (χ1v) is 5.45. The molecular weight excluding hydrogens is 246 g/mol. The van der Waals surface area contributed by atoms with Crippen molar-refractivity contribution in [2.75, 3.05) is 17.8 Å². The quantitative estimate of drug-likeness (QED) is 0.761. The van der Waals surface area contributed by atoms with Crippen molar-refractivity contribution in [3.05, 3.63) is 24.3 Å². The van der Waals surface area contributed by atoms with Gasteiger partial charge >= 0.3 is 5.97 Å². The fraction of sp³-hybridized carbons (Fsp3) is 0.273. The Morgan fingerprint density at radius 3 is 2.47 bits per heavy atom. The SMILES string of the molecule is O=C(O)COc1ccc(NC(=O)CCCl)cc1. The predicted octanol–water partition coefficient (Wildman–Crippen LogP) is 1.72. The van der Waals surface area contributed by atoms with Crippen LogP contribution >= 0.6 is 11.6 Å². The van der Waals surface area contributed by atoms with E-state index < -0.39 is 12.6 Å². The van der Waals surface area contributed by atoms with Gasteiger partial charge in [-0.25, -0.2) is 4.79 Å². The maximum absolute atomic E-state index is 11.2. The van der Waals surface area contributed by atoms with E-state index in [1.54, 1.807) is 24.3 Å². The van der Waals surface area contributed by atoms with Crippen LogP contribution in [-0.4, -0.2) is 29.5 Å². The highest BCUT2D eigenvalue weighted by Gasteiger charge is 2.02. The summed E-state index contributed by atoms with van der Waals surface area (Å²) in [5.74, 6) is -0.502. The number of rotatable bonds is 6. The molecule has 0 atom stereocenters. The van der Waals surface area contributed by atoms with Gasteiger partial charge < -0.3 is 15.2 Å². The van der Waals surface area contributed by atoms with Gasteiger partial charge in [-0.15, -0.1) is 11.6 Å². The molecule has 1 aromatic rings. The van der Waals surface area contributed by atoms with Gasteiger partial charge in [0.05, 0.1) is 0 Å². The van der Waals surface area contributed by atoms with Gasteiger partial charge in [0.25, 0.3) is 0 Å². The number of anilines is 1. The summed E-state index contributed by atoms with van der Waals surface area (Å²) in [7, 11) is 0. The number of carbonyl (C=O) groups is 2. The average Bonchev–Trinajstić information content (AvgIpc) is 2.28. The van der Waals surface area contributed by atoms with Crippen LogP contribution in [0.2, 0.25) is 0 Å². The lowest BCUT2D eigenvalue weighted by atomic mass is 10.3. The molecule has 0 heterocycles. The number of halogens is 1. The average molecular weight is 258 g/mol. The Labute approximate surface area is 103 Å². The van der Waals surface area contributed by atoms with Crippen molar-refractivity contribution in [3.63, 3.8) is 0 Å². The molecular formula is C11H12ClNO4. The van der Waals surface area contributed by atoms with Crippen LogP contribution in [0.4, 0.5) is 5.69 Å². The molecule has 0 spiro atoms. The van der Waals surface area contributed by atoms with Crippen molar-refractivity contribution in [1.29, 1.82) is 0 Å². The number of aliphatic carboxylic acids is 1. The highest BCUT2D eigenvalue weighted by Crippen LogP contribution is 2.15. The van der Waals surface area contributed by atoms with E-state index in [1.807, 2.05) is 0 Å². The molecule has 0 aliphatic rings. The lowest BCUT2D eigenvalue weighted by molar-refractivity contribution is -0.139. The van der Waals surface area contributed by atoms with Crippen LogP contribution in [0.25, 0.3) is 0 Å². The number of benzene rings is 1. The second kappa shape index (κ2) is 6.75. The van der Waals surface area contributed by atoms with Crippen LogP contribution < -0.4 is 10.1 Å². The van der Waals surface area contributed by atoms with Crippen LogP contribution in [0.15, 0.2) is 24.3 Å². The Hall–Kier alpha value is -1.75. The van der Waals surface area contributed by atoms with Gasteiger partial charge in [-0.1, -0.05) is 0 Å². The normalized spacial score (nSPS) is 9.71. The molecule has 0 aliphatic heterocycles. The van der Waals surface area contributed by atoms with Crippen LogP contribution in [0.1, 0.15) is 6.42 Å². The van der Waals surface area contributed by atoms with Gasteiger partial charge in [-0.2, -0.15) is 0 Å². The van der Waals surface area contributed by atoms with Crippen molar-refractivity contribution < 1.29 is 19.4 Å². The fourth-order valence-corrected chi connectivity index (χ4v) is 1.26. The first-order valence-electron chi connectivity index (χ1n) is 4.92. The maximum Gasteiger partial charge on any atom is 0.341 e. The number of alkyl halides is 1. The molecule has 0 saturated carbocycles. The van der Waals surface area contributed by atoms with Crippen molar-refractivity contribution in [2.24, 2.45) is 0 Å². The van der Waals surface area contributed by atoms with E-state index in [4.69, 9.17) is 21.4 Å². The summed E-state index contributed by atoms with van der Waals surface area (Å²) in [5.41, 5.74) is 0.614. The second-order valence-corrected chi connectivity index (χ2v) is 3.57. The molecule has 6 heteroatoms. The molecule has 2 N–H and O–H groups in total. The summed E-state index contributed by atoms with van der Waals surface area (Å²) in [6, 6.07) is 6.42. The monoisotopic (exact) mass is 257 g/mol. The molecule has 0 radical (unpaired) electrons. The third kappa shape index (κ3) is 5.21. The molecule has 17 heavy (non-hydrogen) atoms. The van der Waals surface area contributed by atoms with E-state index in [0.717, 1.165) is 0 Å². The third-order valence-corrected chi connectivity index (χ3v) is 2.01. The molecule has 0 saturated heterocycles. The Bertz CT molecular complexity index is 391. The standard InChI is InChI=1S/C11H12ClNO4/c12-6-5-10(14)13-8-1-3-9(4-2-8)17-7-11(15)16/h1-4H,5-7H2,(H,13,14)(H,15,16). The summed E-state index contributed by atoms with van der Waals surface area (Å²) in [6.45, 7) is -0.391. The minimum absolute atomic E-state index is 0.167. The first kappa shape index (κ1) is 13.3. The predicted molar refractivity (Wildman–Crippen MR) is 63.5 cm³/mol. The van der Waals surface area contributed by atoms with E-state index in [0.29, 0.717) is 11.4 Å². The zero-order valence-corrected chi connectivity index (χ0v) is 9.74. The molecule has 92 valence electrons. The summed E-state index contributed by atoms with van der Waals surface area (Å²) < 4.78 is 4.94. The minimum atomic E-state index is -1.04. The van der Waals surface area contributed by atoms with Crippen LogP contribution in [0.5, 0.6) is 5.75 Å². The Morgan fingerprint density at radius 2 is 1.94 bits per heavy atom. The number of carbonyl (C=O) groups excluding carboxylic acids is 1. The molecule has 0 aromatic heterocycles. The van der Waals surface area contributed by atoms with E-state index in [-0.39, 0.29) is 18.2 Å². The molecule has 1 amide bonds. The number of hydrogen-bond donors (Lipinski definition) is 2. The number of nitrogens with one attached hydrogen (secondary N) is 1. The summed E-state index contributed by atoms with van der Waals surface area (Å²) in [5, 5.41) is 11.1. The maximum atomic E-state index is 11.2. The number of amides is 1. The fourth-order valence-electron chi connectivity index (χ4n) is 1.09. The zero-order valence-electron chi connectivity index (χ0n) is 8.98. The van der Waals surface area contributed by atoms with E-state index in [1.165, 1.54) is 0 Å². The Morgan fingerprint density at radius 1 is 1.29 bits per heavy atom. The van der Waals surface area contributed by atoms with Crippen molar-refractivity contribution in [1.82, 2.24) is 0 Å². The Kier molecular flexibility index (Phi) is 5.29. The summed E-state index contributed by atoms with van der Waals surface area (Å²) in [4.78, 5) is 21.5. The van der Waals surface area contributed by atoms with Crippen LogP contribution in [-0.2, 0) is 9.59 Å². The van der Waals surface area contributed by atoms with Gasteiger partial charge in [0.15, 0.2) is 6.61 Å². The number of carboxylic acids is 1. The second-order valence-electron chi connectivity index (χ2n) is 3.19. The number of ether oxygens (including phenoxy) is 1. The summed E-state index contributed by atoms with van der Waals surface area (Å²) in [6.07, 6.45) is 0.249. The van der Waals surface area contributed by atoms with Gasteiger partial charge in [0.2, 0.25) is 5.91 Å². The smallest absolute Gasteiger partial charge is 0.341 e. The molecule has 0 unspecified atom stereocenters. The van der Waals surface area contributed by atoms with Crippen molar-refractivity contribution in [3.8, 4) is 5.75 Å². The zero-order chi connectivity index (χ0) is 12.7. The molecule has 1 aromatic carbocycles. The van der Waals surface area contributed by atoms with Gasteiger partial charge in [0.1, 0.15) is 5.75 Å². The molecule has 5 nitrogen and oxygen atoms in total. The van der Waals surface area contributed by atoms with Crippen molar-refractivity contribution in [2.45, 2.75) is 6.42 Å². The van der Waals surface area contributed by atoms with Crippen LogP contribution in [0, 0.1) is 0 Å². The number of hydrogen-bond acceptors (Lipinski definition) is 3. The molecule has 0 fully saturated rings. The highest BCUT2D eigenvalue weighted by atomic mass is 35.5. The van der Waals surface area contributed by atoms with E-state index in [9.17, 15) is 9.59 Å². The topological polar surface area (TPSA) is 75.6 Å². The Balaban J connectivity index is 2.49. The van der Waals surface area contributed by atoms with Gasteiger partial charge in [0, 0.05) is 18.0 Å².